The predicted molar refractivity (Wildman–Crippen MR) is 78.5 cm³/mol. The third-order valence-corrected chi connectivity index (χ3v) is 4.14. The number of rotatable bonds is 5. The number of hydrogen-bond donors (Lipinski definition) is 2. The monoisotopic (exact) mass is 301 g/mol. The zero-order valence-electron chi connectivity index (χ0n) is 10.4. The van der Waals surface area contributed by atoms with Crippen LogP contribution in [0, 0.1) is 0 Å². The lowest BCUT2D eigenvalue weighted by Crippen LogP contribution is -2.36. The Kier molecular flexibility index (Phi) is 5.30. The van der Waals surface area contributed by atoms with Gasteiger partial charge in [-0.25, -0.2) is 9.78 Å². The van der Waals surface area contributed by atoms with Crippen LogP contribution in [0.4, 0.5) is 5.82 Å². The molecule has 0 bridgehead atoms. The molecule has 0 radical (unpaired) electrons. The average molecular weight is 302 g/mol. The van der Waals surface area contributed by atoms with Crippen LogP contribution >= 0.6 is 23.4 Å². The summed E-state index contributed by atoms with van der Waals surface area (Å²) in [6.45, 7) is 3.93. The Hall–Kier alpha value is -0.980. The first-order valence-electron chi connectivity index (χ1n) is 6.09. The molecule has 1 aromatic rings. The molecule has 19 heavy (non-hydrogen) atoms. The molecule has 5 nitrogen and oxygen atoms in total. The van der Waals surface area contributed by atoms with Crippen molar-refractivity contribution in [2.45, 2.75) is 0 Å². The van der Waals surface area contributed by atoms with Gasteiger partial charge in [0.05, 0.1) is 10.6 Å². The quantitative estimate of drug-likeness (QED) is 0.866. The molecule has 0 atom stereocenters. The van der Waals surface area contributed by atoms with Crippen LogP contribution in [0.1, 0.15) is 10.4 Å². The summed E-state index contributed by atoms with van der Waals surface area (Å²) in [6, 6.07) is 1.41. The van der Waals surface area contributed by atoms with Crippen molar-refractivity contribution in [1.82, 2.24) is 9.88 Å². The lowest BCUT2D eigenvalue weighted by Gasteiger charge is -2.26. The van der Waals surface area contributed by atoms with Crippen LogP contribution in [0.15, 0.2) is 12.3 Å². The van der Waals surface area contributed by atoms with Crippen LogP contribution in [-0.4, -0.2) is 58.6 Å². The van der Waals surface area contributed by atoms with Gasteiger partial charge < -0.3 is 10.4 Å². The van der Waals surface area contributed by atoms with Crippen LogP contribution in [0.25, 0.3) is 0 Å². The highest BCUT2D eigenvalue weighted by Crippen LogP contribution is 2.20. The highest BCUT2D eigenvalue weighted by molar-refractivity contribution is 7.99. The summed E-state index contributed by atoms with van der Waals surface area (Å²) in [6.07, 6.45) is 1.31. The van der Waals surface area contributed by atoms with E-state index in [0.717, 1.165) is 26.2 Å². The van der Waals surface area contributed by atoms with E-state index in [0.29, 0.717) is 10.8 Å². The van der Waals surface area contributed by atoms with Crippen molar-refractivity contribution in [3.8, 4) is 0 Å². The molecule has 1 aliphatic heterocycles. The molecule has 1 fully saturated rings. The van der Waals surface area contributed by atoms with Gasteiger partial charge in [-0.2, -0.15) is 11.8 Å². The molecular weight excluding hydrogens is 286 g/mol. The number of aromatic carboxylic acids is 1. The molecule has 0 spiro atoms. The van der Waals surface area contributed by atoms with E-state index >= 15 is 0 Å². The second kappa shape index (κ2) is 6.98. The van der Waals surface area contributed by atoms with Crippen LogP contribution < -0.4 is 5.32 Å². The first-order chi connectivity index (χ1) is 9.16. The van der Waals surface area contributed by atoms with E-state index in [4.69, 9.17) is 16.7 Å². The van der Waals surface area contributed by atoms with Crippen molar-refractivity contribution in [1.29, 1.82) is 0 Å². The number of hydrogen-bond acceptors (Lipinski definition) is 5. The Balaban J connectivity index is 1.83. The van der Waals surface area contributed by atoms with Gasteiger partial charge in [-0.1, -0.05) is 11.6 Å². The number of thioether (sulfide) groups is 1. The maximum atomic E-state index is 10.8. The number of pyridine rings is 1. The van der Waals surface area contributed by atoms with Gasteiger partial charge in [0.15, 0.2) is 0 Å². The van der Waals surface area contributed by atoms with E-state index in [1.54, 1.807) is 0 Å². The van der Waals surface area contributed by atoms with Gasteiger partial charge in [0.2, 0.25) is 0 Å². The van der Waals surface area contributed by atoms with Crippen molar-refractivity contribution < 1.29 is 9.90 Å². The third kappa shape index (κ3) is 4.26. The van der Waals surface area contributed by atoms with E-state index in [-0.39, 0.29) is 5.56 Å². The van der Waals surface area contributed by atoms with Gasteiger partial charge in [0.1, 0.15) is 5.82 Å². The molecule has 1 aliphatic rings. The minimum atomic E-state index is -1.02. The molecule has 1 saturated heterocycles. The van der Waals surface area contributed by atoms with Crippen LogP contribution in [0.2, 0.25) is 5.02 Å². The maximum Gasteiger partial charge on any atom is 0.337 e. The smallest absolute Gasteiger partial charge is 0.337 e. The number of anilines is 1. The van der Waals surface area contributed by atoms with Gasteiger partial charge in [-0.15, -0.1) is 0 Å². The van der Waals surface area contributed by atoms with E-state index in [1.807, 2.05) is 11.8 Å². The Morgan fingerprint density at radius 3 is 2.89 bits per heavy atom. The maximum absolute atomic E-state index is 10.8. The summed E-state index contributed by atoms with van der Waals surface area (Å²) < 4.78 is 0. The Morgan fingerprint density at radius 1 is 1.53 bits per heavy atom. The summed E-state index contributed by atoms with van der Waals surface area (Å²) in [5.74, 6) is 1.89. The summed E-state index contributed by atoms with van der Waals surface area (Å²) >= 11 is 7.97. The van der Waals surface area contributed by atoms with Crippen molar-refractivity contribution >= 4 is 35.1 Å². The van der Waals surface area contributed by atoms with E-state index < -0.39 is 5.97 Å². The fourth-order valence-electron chi connectivity index (χ4n) is 1.84. The number of carboxylic acids is 1. The molecule has 0 amide bonds. The molecule has 2 N–H and O–H groups in total. The Morgan fingerprint density at radius 2 is 2.26 bits per heavy atom. The van der Waals surface area contributed by atoms with Crippen LogP contribution in [0.5, 0.6) is 0 Å². The van der Waals surface area contributed by atoms with Crippen molar-refractivity contribution in [2.75, 3.05) is 43.0 Å². The van der Waals surface area contributed by atoms with Gasteiger partial charge in [0, 0.05) is 43.9 Å². The molecule has 1 aromatic heterocycles. The van der Waals surface area contributed by atoms with Gasteiger partial charge in [0.25, 0.3) is 0 Å². The Labute approximate surface area is 121 Å². The topological polar surface area (TPSA) is 65.5 Å². The van der Waals surface area contributed by atoms with E-state index in [2.05, 4.69) is 15.2 Å². The number of halogens is 1. The fourth-order valence-corrected chi connectivity index (χ4v) is 3.05. The average Bonchev–Trinajstić information content (AvgIpc) is 2.41. The number of aromatic nitrogens is 1. The lowest BCUT2D eigenvalue weighted by atomic mass is 10.3. The number of carbonyl (C=O) groups is 1. The zero-order valence-corrected chi connectivity index (χ0v) is 12.0. The molecular formula is C12H16ClN3O2S. The largest absolute Gasteiger partial charge is 0.478 e. The highest BCUT2D eigenvalue weighted by atomic mass is 35.5. The van der Waals surface area contributed by atoms with Crippen LogP contribution in [-0.2, 0) is 0 Å². The number of carboxylic acid groups (broad SMARTS) is 1. The lowest BCUT2D eigenvalue weighted by molar-refractivity contribution is 0.0696. The molecule has 2 rings (SSSR count). The molecule has 0 saturated carbocycles. The van der Waals surface area contributed by atoms with Crippen LogP contribution in [0.3, 0.4) is 0 Å². The first-order valence-corrected chi connectivity index (χ1v) is 7.63. The van der Waals surface area contributed by atoms with E-state index in [1.165, 1.54) is 23.8 Å². The van der Waals surface area contributed by atoms with Gasteiger partial charge >= 0.3 is 5.97 Å². The van der Waals surface area contributed by atoms with Gasteiger partial charge in [-0.3, -0.25) is 4.90 Å². The van der Waals surface area contributed by atoms with Crippen molar-refractivity contribution in [3.05, 3.63) is 22.8 Å². The van der Waals surface area contributed by atoms with Gasteiger partial charge in [-0.05, 0) is 6.07 Å². The SMILES string of the molecule is O=C(O)c1cnc(NCCN2CCSCC2)c(Cl)c1. The molecule has 0 aliphatic carbocycles. The number of nitrogens with one attached hydrogen (secondary N) is 1. The highest BCUT2D eigenvalue weighted by Gasteiger charge is 2.11. The normalized spacial score (nSPS) is 16.3. The third-order valence-electron chi connectivity index (χ3n) is 2.91. The fraction of sp³-hybridized carbons (Fsp3) is 0.500. The number of nitrogens with zero attached hydrogens (tertiary/aromatic N) is 2. The van der Waals surface area contributed by atoms with Crippen molar-refractivity contribution in [2.24, 2.45) is 0 Å². The molecule has 104 valence electrons. The first kappa shape index (κ1) is 14.4. The summed E-state index contributed by atoms with van der Waals surface area (Å²) in [4.78, 5) is 17.2. The summed E-state index contributed by atoms with van der Waals surface area (Å²) in [5, 5.41) is 12.3. The molecule has 0 unspecified atom stereocenters. The second-order valence-electron chi connectivity index (χ2n) is 4.24. The second-order valence-corrected chi connectivity index (χ2v) is 5.87. The Bertz CT molecular complexity index is 453. The summed E-state index contributed by atoms with van der Waals surface area (Å²) in [5.41, 5.74) is 0.101. The molecule has 0 aromatic carbocycles. The zero-order chi connectivity index (χ0) is 13.7. The summed E-state index contributed by atoms with van der Waals surface area (Å²) in [7, 11) is 0. The van der Waals surface area contributed by atoms with Crippen molar-refractivity contribution in [3.63, 3.8) is 0 Å². The minimum absolute atomic E-state index is 0.101. The minimum Gasteiger partial charge on any atom is -0.478 e. The standard InChI is InChI=1S/C12H16ClN3O2S/c13-10-7-9(12(17)18)8-15-11(10)14-1-2-16-3-5-19-6-4-16/h7-8H,1-6H2,(H,14,15)(H,17,18). The van der Waals surface area contributed by atoms with E-state index in [9.17, 15) is 4.79 Å². The molecule has 7 heteroatoms. The predicted octanol–water partition coefficient (Wildman–Crippen LogP) is 1.89. The molecule has 2 heterocycles.